The first-order valence-corrected chi connectivity index (χ1v) is 7.22. The third kappa shape index (κ3) is 3.06. The van der Waals surface area contributed by atoms with Crippen LogP contribution in [0.2, 0.25) is 0 Å². The normalized spacial score (nSPS) is 11.9. The molecule has 0 unspecified atom stereocenters. The zero-order chi connectivity index (χ0) is 14.7. The van der Waals surface area contributed by atoms with Gasteiger partial charge in [-0.25, -0.2) is 4.52 Å². The van der Waals surface area contributed by atoms with Gasteiger partial charge < -0.3 is 10.5 Å². The van der Waals surface area contributed by atoms with Crippen molar-refractivity contribution in [1.82, 2.24) is 9.61 Å². The Morgan fingerprint density at radius 1 is 1.25 bits per heavy atom. The zero-order valence-corrected chi connectivity index (χ0v) is 12.8. The number of aromatic nitrogens is 2. The largest absolute Gasteiger partial charge is 0.475 e. The molecule has 0 saturated heterocycles. The molecule has 2 aromatic rings. The molecule has 2 heterocycles. The highest BCUT2D eigenvalue weighted by atomic mass is 16.5. The standard InChI is InChI=1S/C16H24N3O/c1-11(2)13(12(3)4)8-10-20-16-15(17)14-7-5-6-9-19(14)18-16/h5-7,9,11-12H,8,10,17H2,1-4H3. The van der Waals surface area contributed by atoms with Gasteiger partial charge in [0, 0.05) is 6.20 Å². The van der Waals surface area contributed by atoms with Crippen molar-refractivity contribution in [3.63, 3.8) is 0 Å². The van der Waals surface area contributed by atoms with Crippen LogP contribution in [0.3, 0.4) is 0 Å². The second kappa shape index (κ2) is 6.16. The number of pyridine rings is 1. The number of nitrogen functional groups attached to an aromatic ring is 1. The van der Waals surface area contributed by atoms with Crippen molar-refractivity contribution in [2.75, 3.05) is 12.3 Å². The van der Waals surface area contributed by atoms with Gasteiger partial charge in [0.2, 0.25) is 0 Å². The molecule has 0 fully saturated rings. The van der Waals surface area contributed by atoms with Gasteiger partial charge in [-0.1, -0.05) is 33.8 Å². The van der Waals surface area contributed by atoms with Gasteiger partial charge in [0.1, 0.15) is 5.69 Å². The zero-order valence-electron chi connectivity index (χ0n) is 12.8. The van der Waals surface area contributed by atoms with Crippen molar-refractivity contribution in [3.8, 4) is 5.88 Å². The number of rotatable bonds is 6. The van der Waals surface area contributed by atoms with Crippen LogP contribution in [0, 0.1) is 17.8 Å². The monoisotopic (exact) mass is 274 g/mol. The molecule has 0 saturated carbocycles. The first-order valence-electron chi connectivity index (χ1n) is 7.22. The molecule has 0 atom stereocenters. The number of ether oxygens (including phenoxy) is 1. The van der Waals surface area contributed by atoms with Crippen LogP contribution in [0.1, 0.15) is 34.1 Å². The molecule has 0 amide bonds. The number of hydrogen-bond acceptors (Lipinski definition) is 3. The van der Waals surface area contributed by atoms with Crippen LogP contribution in [0.15, 0.2) is 24.4 Å². The minimum absolute atomic E-state index is 0.531. The Kier molecular flexibility index (Phi) is 4.53. The molecular formula is C16H24N3O. The number of hydrogen-bond donors (Lipinski definition) is 1. The van der Waals surface area contributed by atoms with E-state index in [-0.39, 0.29) is 0 Å². The predicted octanol–water partition coefficient (Wildman–Crippen LogP) is 3.57. The molecule has 2 aromatic heterocycles. The van der Waals surface area contributed by atoms with Crippen LogP contribution in [-0.2, 0) is 0 Å². The van der Waals surface area contributed by atoms with E-state index in [1.54, 1.807) is 4.52 Å². The van der Waals surface area contributed by atoms with Gasteiger partial charge in [0.25, 0.3) is 5.88 Å². The molecule has 2 N–H and O–H groups in total. The summed E-state index contributed by atoms with van der Waals surface area (Å²) in [5.41, 5.74) is 7.56. The lowest BCUT2D eigenvalue weighted by Gasteiger charge is -2.23. The van der Waals surface area contributed by atoms with Crippen LogP contribution in [0.4, 0.5) is 5.69 Å². The van der Waals surface area contributed by atoms with Gasteiger partial charge in [-0.2, -0.15) is 0 Å². The fraction of sp³-hybridized carbons (Fsp3) is 0.500. The molecule has 0 bridgehead atoms. The predicted molar refractivity (Wildman–Crippen MR) is 82.6 cm³/mol. The fourth-order valence-corrected chi connectivity index (χ4v) is 2.61. The molecule has 109 valence electrons. The molecule has 0 aromatic carbocycles. The van der Waals surface area contributed by atoms with Crippen LogP contribution in [0.25, 0.3) is 5.52 Å². The van der Waals surface area contributed by atoms with E-state index in [4.69, 9.17) is 10.5 Å². The maximum atomic E-state index is 6.06. The van der Waals surface area contributed by atoms with Gasteiger partial charge in [0.05, 0.1) is 12.1 Å². The van der Waals surface area contributed by atoms with Crippen molar-refractivity contribution in [1.29, 1.82) is 0 Å². The number of nitrogens with zero attached hydrogens (tertiary/aromatic N) is 2. The Balaban J connectivity index is 2.01. The number of fused-ring (bicyclic) bond motifs is 1. The fourth-order valence-electron chi connectivity index (χ4n) is 2.61. The Morgan fingerprint density at radius 3 is 2.55 bits per heavy atom. The minimum atomic E-state index is 0.531. The first-order chi connectivity index (χ1) is 9.50. The van der Waals surface area contributed by atoms with E-state index in [2.05, 4.69) is 32.8 Å². The van der Waals surface area contributed by atoms with Gasteiger partial charge in [0.15, 0.2) is 0 Å². The van der Waals surface area contributed by atoms with Crippen LogP contribution in [-0.4, -0.2) is 16.2 Å². The van der Waals surface area contributed by atoms with E-state index >= 15 is 0 Å². The maximum Gasteiger partial charge on any atom is 0.257 e. The molecule has 0 spiro atoms. The van der Waals surface area contributed by atoms with Gasteiger partial charge in [-0.15, -0.1) is 5.10 Å². The lowest BCUT2D eigenvalue weighted by molar-refractivity contribution is 0.285. The molecule has 20 heavy (non-hydrogen) atoms. The Morgan fingerprint density at radius 2 is 1.95 bits per heavy atom. The Hall–Kier alpha value is -1.71. The number of nitrogens with two attached hydrogens (primary N) is 1. The summed E-state index contributed by atoms with van der Waals surface area (Å²) in [6.07, 6.45) is 2.82. The Bertz CT molecular complexity index is 552. The topological polar surface area (TPSA) is 52.5 Å². The van der Waals surface area contributed by atoms with Crippen molar-refractivity contribution in [2.45, 2.75) is 34.1 Å². The average molecular weight is 274 g/mol. The summed E-state index contributed by atoms with van der Waals surface area (Å²) in [6.45, 7) is 9.55. The third-order valence-corrected chi connectivity index (χ3v) is 3.66. The molecule has 4 nitrogen and oxygen atoms in total. The molecule has 0 aliphatic heterocycles. The second-order valence-corrected chi connectivity index (χ2v) is 5.73. The Labute approximate surface area is 120 Å². The van der Waals surface area contributed by atoms with E-state index in [1.807, 2.05) is 24.4 Å². The molecule has 0 aliphatic rings. The highest BCUT2D eigenvalue weighted by molar-refractivity contribution is 5.74. The van der Waals surface area contributed by atoms with Crippen molar-refractivity contribution >= 4 is 11.2 Å². The number of anilines is 1. The van der Waals surface area contributed by atoms with Gasteiger partial charge >= 0.3 is 0 Å². The third-order valence-electron chi connectivity index (χ3n) is 3.66. The molecule has 2 rings (SSSR count). The summed E-state index contributed by atoms with van der Waals surface area (Å²) < 4.78 is 7.52. The van der Waals surface area contributed by atoms with Gasteiger partial charge in [-0.3, -0.25) is 0 Å². The SMILES string of the molecule is CC(C)[C](CCOc1nn2ccccc2c1N)C(C)C. The van der Waals surface area contributed by atoms with E-state index < -0.39 is 0 Å². The van der Waals surface area contributed by atoms with E-state index in [0.717, 1.165) is 11.9 Å². The summed E-state index contributed by atoms with van der Waals surface area (Å²) >= 11 is 0. The van der Waals surface area contributed by atoms with Crippen LogP contribution in [0.5, 0.6) is 5.88 Å². The summed E-state index contributed by atoms with van der Waals surface area (Å²) in [5.74, 6) is 3.21. The van der Waals surface area contributed by atoms with Crippen molar-refractivity contribution in [2.24, 2.45) is 11.8 Å². The minimum Gasteiger partial charge on any atom is -0.475 e. The highest BCUT2D eigenvalue weighted by Gasteiger charge is 2.18. The summed E-state index contributed by atoms with van der Waals surface area (Å²) in [5, 5.41) is 4.36. The van der Waals surface area contributed by atoms with Crippen LogP contribution >= 0.6 is 0 Å². The molecule has 1 radical (unpaired) electrons. The lowest BCUT2D eigenvalue weighted by Crippen LogP contribution is -2.16. The highest BCUT2D eigenvalue weighted by Crippen LogP contribution is 2.28. The van der Waals surface area contributed by atoms with E-state index in [0.29, 0.717) is 30.0 Å². The smallest absolute Gasteiger partial charge is 0.257 e. The summed E-state index contributed by atoms with van der Waals surface area (Å²) in [6, 6.07) is 5.81. The van der Waals surface area contributed by atoms with E-state index in [1.165, 1.54) is 5.92 Å². The first kappa shape index (κ1) is 14.7. The second-order valence-electron chi connectivity index (χ2n) is 5.73. The van der Waals surface area contributed by atoms with Gasteiger partial charge in [-0.05, 0) is 36.3 Å². The molecule has 4 heteroatoms. The average Bonchev–Trinajstić information content (AvgIpc) is 2.71. The quantitative estimate of drug-likeness (QED) is 0.876. The van der Waals surface area contributed by atoms with E-state index in [9.17, 15) is 0 Å². The summed E-state index contributed by atoms with van der Waals surface area (Å²) in [4.78, 5) is 0. The summed E-state index contributed by atoms with van der Waals surface area (Å²) in [7, 11) is 0. The van der Waals surface area contributed by atoms with Crippen LogP contribution < -0.4 is 10.5 Å². The molecular weight excluding hydrogens is 250 g/mol. The molecule has 0 aliphatic carbocycles. The van der Waals surface area contributed by atoms with Crippen molar-refractivity contribution < 1.29 is 4.74 Å². The lowest BCUT2D eigenvalue weighted by atomic mass is 9.83. The van der Waals surface area contributed by atoms with Crippen molar-refractivity contribution in [3.05, 3.63) is 30.3 Å². The maximum absolute atomic E-state index is 6.06.